The van der Waals surface area contributed by atoms with Crippen LogP contribution in [0.5, 0.6) is 0 Å². The molecule has 0 saturated carbocycles. The summed E-state index contributed by atoms with van der Waals surface area (Å²) < 4.78 is 42.5. The fourth-order valence-electron chi connectivity index (χ4n) is 4.21. The zero-order chi connectivity index (χ0) is 24.7. The van der Waals surface area contributed by atoms with Gasteiger partial charge in [-0.3, -0.25) is 14.7 Å². The van der Waals surface area contributed by atoms with Gasteiger partial charge in [-0.05, 0) is 48.4 Å². The monoisotopic (exact) mass is 479 g/mol. The van der Waals surface area contributed by atoms with E-state index in [-0.39, 0.29) is 23.5 Å². The minimum Gasteiger partial charge on any atom is -0.370 e. The van der Waals surface area contributed by atoms with Crippen molar-refractivity contribution in [2.75, 3.05) is 16.8 Å². The smallest absolute Gasteiger partial charge is 0.370 e. The number of carbonyl (C=O) groups excluding carboxylic acids is 1. The first kappa shape index (κ1) is 22.5. The Labute approximate surface area is 198 Å². The molecule has 0 unspecified atom stereocenters. The second-order valence-corrected chi connectivity index (χ2v) is 8.04. The van der Waals surface area contributed by atoms with Crippen LogP contribution in [-0.2, 0) is 19.8 Å². The third kappa shape index (κ3) is 3.98. The lowest BCUT2D eigenvalue weighted by molar-refractivity contribution is -0.138. The van der Waals surface area contributed by atoms with E-state index in [1.807, 2.05) is 14.0 Å². The van der Waals surface area contributed by atoms with Gasteiger partial charge in [-0.15, -0.1) is 10.2 Å². The molecule has 0 atom stereocenters. The molecule has 0 aliphatic carbocycles. The third-order valence-electron chi connectivity index (χ3n) is 5.80. The first-order chi connectivity index (χ1) is 16.8. The van der Waals surface area contributed by atoms with Crippen LogP contribution in [0, 0.1) is 0 Å². The van der Waals surface area contributed by atoms with Crippen LogP contribution in [0.4, 0.5) is 24.8 Å². The zero-order valence-corrected chi connectivity index (χ0v) is 18.8. The zero-order valence-electron chi connectivity index (χ0n) is 18.8. The van der Waals surface area contributed by atoms with Gasteiger partial charge in [-0.1, -0.05) is 6.07 Å². The van der Waals surface area contributed by atoms with E-state index in [9.17, 15) is 18.0 Å². The summed E-state index contributed by atoms with van der Waals surface area (Å²) in [6.07, 6.45) is 0.327. The Morgan fingerprint density at radius 3 is 2.66 bits per heavy atom. The van der Waals surface area contributed by atoms with E-state index in [1.165, 1.54) is 17.0 Å². The number of nitrogens with zero attached hydrogens (tertiary/aromatic N) is 6. The van der Waals surface area contributed by atoms with Crippen LogP contribution < -0.4 is 10.2 Å². The Bertz CT molecular complexity index is 1430. The average molecular weight is 479 g/mol. The lowest BCUT2D eigenvalue weighted by Gasteiger charge is -2.19. The fourth-order valence-corrected chi connectivity index (χ4v) is 4.21. The number of carbonyl (C=O) groups is 1. The molecule has 178 valence electrons. The molecule has 1 aliphatic rings. The van der Waals surface area contributed by atoms with Gasteiger partial charge in [0.1, 0.15) is 18.0 Å². The van der Waals surface area contributed by atoms with Crippen molar-refractivity contribution in [3.8, 4) is 22.5 Å². The molecule has 0 fully saturated rings. The predicted molar refractivity (Wildman–Crippen MR) is 124 cm³/mol. The van der Waals surface area contributed by atoms with Crippen molar-refractivity contribution in [2.24, 2.45) is 7.05 Å². The number of anilines is 2. The van der Waals surface area contributed by atoms with Crippen LogP contribution in [0.25, 0.3) is 22.5 Å². The highest BCUT2D eigenvalue weighted by molar-refractivity contribution is 6.10. The summed E-state index contributed by atoms with van der Waals surface area (Å²) in [6.45, 7) is 2.23. The standard InChI is InChI=1S/C24H20F3N7O/c1-3-29-20-9-14(17-11-28-8-7-15(17)22-32-30-13-33(22)2)10-21(31-20)34-12-18-16(23(34)35)5-4-6-19(18)24(25,26)27/h4-11,13H,3,12H2,1-2H3,(H,29,31). The van der Waals surface area contributed by atoms with Gasteiger partial charge in [0.25, 0.3) is 5.91 Å². The Hall–Kier alpha value is -4.28. The number of fused-ring (bicyclic) bond motifs is 1. The first-order valence-electron chi connectivity index (χ1n) is 10.8. The van der Waals surface area contributed by atoms with Crippen molar-refractivity contribution in [2.45, 2.75) is 19.6 Å². The Balaban J connectivity index is 1.63. The summed E-state index contributed by atoms with van der Waals surface area (Å²) in [5.41, 5.74) is 1.31. The number of aromatic nitrogens is 5. The highest BCUT2D eigenvalue weighted by Crippen LogP contribution is 2.39. The Morgan fingerprint density at radius 2 is 1.94 bits per heavy atom. The van der Waals surface area contributed by atoms with Crippen LogP contribution in [0.2, 0.25) is 0 Å². The van der Waals surface area contributed by atoms with Crippen molar-refractivity contribution in [1.29, 1.82) is 0 Å². The molecule has 0 radical (unpaired) electrons. The molecule has 0 bridgehead atoms. The highest BCUT2D eigenvalue weighted by Gasteiger charge is 2.40. The average Bonchev–Trinajstić information content (AvgIpc) is 3.41. The van der Waals surface area contributed by atoms with Gasteiger partial charge in [0, 0.05) is 42.7 Å². The largest absolute Gasteiger partial charge is 0.416 e. The number of rotatable bonds is 5. The van der Waals surface area contributed by atoms with Crippen LogP contribution >= 0.6 is 0 Å². The molecule has 1 amide bonds. The van der Waals surface area contributed by atoms with Crippen LogP contribution in [0.15, 0.2) is 55.1 Å². The summed E-state index contributed by atoms with van der Waals surface area (Å²) in [5, 5.41) is 11.3. The SMILES string of the molecule is CCNc1cc(-c2cnccc2-c2nncn2C)cc(N2Cc3c(cccc3C(F)(F)F)C2=O)n1. The number of alkyl halides is 3. The molecular formula is C24H20F3N7O. The van der Waals surface area contributed by atoms with Gasteiger partial charge >= 0.3 is 6.18 Å². The minimum atomic E-state index is -4.56. The number of nitrogens with one attached hydrogen (secondary N) is 1. The normalized spacial score (nSPS) is 13.3. The van der Waals surface area contributed by atoms with E-state index in [2.05, 4.69) is 25.5 Å². The fraction of sp³-hybridized carbons (Fsp3) is 0.208. The van der Waals surface area contributed by atoms with E-state index in [1.54, 1.807) is 41.5 Å². The molecule has 5 rings (SSSR count). The molecule has 4 aromatic rings. The lowest BCUT2D eigenvalue weighted by Crippen LogP contribution is -2.24. The topological polar surface area (TPSA) is 88.8 Å². The van der Waals surface area contributed by atoms with Crippen molar-refractivity contribution < 1.29 is 18.0 Å². The number of aryl methyl sites for hydroxylation is 1. The number of amides is 1. The Kier molecular flexibility index (Phi) is 5.46. The maximum absolute atomic E-state index is 13.6. The van der Waals surface area contributed by atoms with Crippen molar-refractivity contribution >= 4 is 17.5 Å². The third-order valence-corrected chi connectivity index (χ3v) is 5.80. The van der Waals surface area contributed by atoms with E-state index >= 15 is 0 Å². The van der Waals surface area contributed by atoms with Crippen LogP contribution in [0.1, 0.15) is 28.4 Å². The van der Waals surface area contributed by atoms with E-state index < -0.39 is 17.6 Å². The van der Waals surface area contributed by atoms with Crippen molar-refractivity contribution in [3.05, 3.63) is 71.8 Å². The van der Waals surface area contributed by atoms with Crippen molar-refractivity contribution in [3.63, 3.8) is 0 Å². The molecule has 35 heavy (non-hydrogen) atoms. The summed E-state index contributed by atoms with van der Waals surface area (Å²) in [6, 6.07) is 8.94. The van der Waals surface area contributed by atoms with Crippen LogP contribution in [-0.4, -0.2) is 37.2 Å². The summed E-state index contributed by atoms with van der Waals surface area (Å²) in [5.74, 6) is 0.802. The molecule has 1 N–H and O–H groups in total. The second-order valence-electron chi connectivity index (χ2n) is 8.04. The molecule has 0 saturated heterocycles. The molecular weight excluding hydrogens is 459 g/mol. The molecule has 1 aliphatic heterocycles. The lowest BCUT2D eigenvalue weighted by atomic mass is 10.0. The molecule has 1 aromatic carbocycles. The number of hydrogen-bond acceptors (Lipinski definition) is 6. The maximum Gasteiger partial charge on any atom is 0.416 e. The van der Waals surface area contributed by atoms with E-state index in [0.29, 0.717) is 29.3 Å². The molecule has 0 spiro atoms. The first-order valence-corrected chi connectivity index (χ1v) is 10.8. The van der Waals surface area contributed by atoms with Gasteiger partial charge in [-0.25, -0.2) is 4.98 Å². The molecule has 3 aromatic heterocycles. The van der Waals surface area contributed by atoms with Gasteiger partial charge in [0.15, 0.2) is 5.82 Å². The quantitative estimate of drug-likeness (QED) is 0.452. The van der Waals surface area contributed by atoms with E-state index in [4.69, 9.17) is 0 Å². The number of benzene rings is 1. The van der Waals surface area contributed by atoms with Crippen LogP contribution in [0.3, 0.4) is 0 Å². The van der Waals surface area contributed by atoms with Gasteiger partial charge in [0.05, 0.1) is 12.1 Å². The van der Waals surface area contributed by atoms with Gasteiger partial charge in [0.2, 0.25) is 0 Å². The molecule has 4 heterocycles. The summed E-state index contributed by atoms with van der Waals surface area (Å²) in [7, 11) is 1.82. The number of halogens is 3. The van der Waals surface area contributed by atoms with E-state index in [0.717, 1.165) is 11.6 Å². The number of hydrogen-bond donors (Lipinski definition) is 1. The van der Waals surface area contributed by atoms with Gasteiger partial charge in [-0.2, -0.15) is 13.2 Å². The highest BCUT2D eigenvalue weighted by atomic mass is 19.4. The number of pyridine rings is 2. The molecule has 8 nitrogen and oxygen atoms in total. The van der Waals surface area contributed by atoms with Gasteiger partial charge < -0.3 is 9.88 Å². The second kappa shape index (κ2) is 8.49. The minimum absolute atomic E-state index is 0.0261. The summed E-state index contributed by atoms with van der Waals surface area (Å²) >= 11 is 0. The Morgan fingerprint density at radius 1 is 1.11 bits per heavy atom. The maximum atomic E-state index is 13.6. The summed E-state index contributed by atoms with van der Waals surface area (Å²) in [4.78, 5) is 23.2. The predicted octanol–water partition coefficient (Wildman–Crippen LogP) is 4.55. The molecule has 11 heteroatoms. The van der Waals surface area contributed by atoms with Crippen molar-refractivity contribution in [1.82, 2.24) is 24.7 Å².